The highest BCUT2D eigenvalue weighted by Crippen LogP contribution is 2.24. The molecule has 0 bridgehead atoms. The van der Waals surface area contributed by atoms with E-state index >= 15 is 0 Å². The Morgan fingerprint density at radius 1 is 1.10 bits per heavy atom. The number of rotatable bonds is 9. The van der Waals surface area contributed by atoms with Crippen LogP contribution in [0, 0.1) is 11.7 Å². The maximum absolute atomic E-state index is 13.1. The Morgan fingerprint density at radius 3 is 2.47 bits per heavy atom. The van der Waals surface area contributed by atoms with Gasteiger partial charge in [0.2, 0.25) is 0 Å². The zero-order valence-electron chi connectivity index (χ0n) is 17.7. The standard InChI is InChI=1S/C23H31FN2O3S/c1-25(16-20-6-4-3-5-7-20)23-13-15-26(17-21(23)18-29-30(2,27)28)14-12-19-8-10-22(24)11-9-19/h3-11,21,23H,12-18H2,1-2H3/t21-,23+/m1/s1. The van der Waals surface area contributed by atoms with E-state index in [2.05, 4.69) is 29.0 Å². The van der Waals surface area contributed by atoms with Crippen LogP contribution in [0.1, 0.15) is 17.5 Å². The first-order valence-corrected chi connectivity index (χ1v) is 12.2. The first-order valence-electron chi connectivity index (χ1n) is 10.4. The van der Waals surface area contributed by atoms with Crippen LogP contribution in [0.4, 0.5) is 4.39 Å². The molecule has 1 aliphatic heterocycles. The fourth-order valence-corrected chi connectivity index (χ4v) is 4.60. The molecule has 164 valence electrons. The fraction of sp³-hybridized carbons (Fsp3) is 0.478. The summed E-state index contributed by atoms with van der Waals surface area (Å²) in [4.78, 5) is 4.66. The van der Waals surface area contributed by atoms with Gasteiger partial charge < -0.3 is 4.90 Å². The molecule has 1 heterocycles. The van der Waals surface area contributed by atoms with Crippen LogP contribution in [-0.4, -0.2) is 63.8 Å². The normalized spacial score (nSPS) is 20.5. The molecular formula is C23H31FN2O3S. The summed E-state index contributed by atoms with van der Waals surface area (Å²) in [7, 11) is -1.38. The van der Waals surface area contributed by atoms with Crippen LogP contribution in [-0.2, 0) is 27.3 Å². The Hall–Kier alpha value is -1.80. The van der Waals surface area contributed by atoms with Crippen molar-refractivity contribution in [3.63, 3.8) is 0 Å². The molecule has 0 N–H and O–H groups in total. The second kappa shape index (κ2) is 10.5. The van der Waals surface area contributed by atoms with Crippen molar-refractivity contribution in [2.75, 3.05) is 39.5 Å². The average Bonchev–Trinajstić information content (AvgIpc) is 2.72. The van der Waals surface area contributed by atoms with Crippen LogP contribution in [0.25, 0.3) is 0 Å². The Morgan fingerprint density at radius 2 is 1.80 bits per heavy atom. The molecule has 0 unspecified atom stereocenters. The minimum Gasteiger partial charge on any atom is -0.303 e. The first-order chi connectivity index (χ1) is 14.3. The van der Waals surface area contributed by atoms with E-state index in [0.717, 1.165) is 50.8 Å². The summed E-state index contributed by atoms with van der Waals surface area (Å²) in [5.74, 6) is -0.130. The van der Waals surface area contributed by atoms with Crippen molar-refractivity contribution in [2.45, 2.75) is 25.4 Å². The summed E-state index contributed by atoms with van der Waals surface area (Å²) >= 11 is 0. The van der Waals surface area contributed by atoms with Crippen LogP contribution in [0.15, 0.2) is 54.6 Å². The van der Waals surface area contributed by atoms with Crippen molar-refractivity contribution < 1.29 is 17.0 Å². The molecule has 2 aromatic carbocycles. The monoisotopic (exact) mass is 434 g/mol. The number of piperidine rings is 1. The van der Waals surface area contributed by atoms with Gasteiger partial charge in [-0.15, -0.1) is 0 Å². The lowest BCUT2D eigenvalue weighted by Gasteiger charge is -2.42. The highest BCUT2D eigenvalue weighted by atomic mass is 32.2. The van der Waals surface area contributed by atoms with Gasteiger partial charge in [0.15, 0.2) is 0 Å². The maximum Gasteiger partial charge on any atom is 0.264 e. The molecule has 7 heteroatoms. The Labute approximate surface area is 179 Å². The van der Waals surface area contributed by atoms with Gasteiger partial charge in [-0.05, 0) is 49.7 Å². The van der Waals surface area contributed by atoms with Crippen molar-refractivity contribution in [1.82, 2.24) is 9.80 Å². The smallest absolute Gasteiger partial charge is 0.264 e. The third-order valence-corrected chi connectivity index (χ3v) is 6.31. The van der Waals surface area contributed by atoms with Gasteiger partial charge in [-0.1, -0.05) is 42.5 Å². The topological polar surface area (TPSA) is 49.9 Å². The number of benzene rings is 2. The van der Waals surface area contributed by atoms with Crippen LogP contribution in [0.5, 0.6) is 0 Å². The van der Waals surface area contributed by atoms with Gasteiger partial charge in [-0.25, -0.2) is 4.39 Å². The Kier molecular flexibility index (Phi) is 7.99. The third kappa shape index (κ3) is 7.16. The van der Waals surface area contributed by atoms with E-state index in [9.17, 15) is 12.8 Å². The van der Waals surface area contributed by atoms with E-state index in [1.807, 2.05) is 30.3 Å². The second-order valence-corrected chi connectivity index (χ2v) is 9.83. The average molecular weight is 435 g/mol. The number of halogens is 1. The predicted molar refractivity (Wildman–Crippen MR) is 117 cm³/mol. The molecule has 0 radical (unpaired) electrons. The van der Waals surface area contributed by atoms with E-state index < -0.39 is 10.1 Å². The van der Waals surface area contributed by atoms with Crippen LogP contribution >= 0.6 is 0 Å². The fourth-order valence-electron chi connectivity index (χ4n) is 4.18. The van der Waals surface area contributed by atoms with Crippen molar-refractivity contribution >= 4 is 10.1 Å². The predicted octanol–water partition coefficient (Wildman–Crippen LogP) is 3.17. The SMILES string of the molecule is CN(Cc1ccccc1)[C@H]1CCN(CCc2ccc(F)cc2)C[C@@H]1COS(C)(=O)=O. The lowest BCUT2D eigenvalue weighted by molar-refractivity contribution is 0.0433. The molecule has 2 atom stereocenters. The van der Waals surface area contributed by atoms with E-state index in [0.29, 0.717) is 0 Å². The first kappa shape index (κ1) is 22.9. The molecule has 5 nitrogen and oxygen atoms in total. The van der Waals surface area contributed by atoms with Crippen LogP contribution in [0.2, 0.25) is 0 Å². The van der Waals surface area contributed by atoms with Crippen molar-refractivity contribution in [3.8, 4) is 0 Å². The van der Waals surface area contributed by atoms with Gasteiger partial charge in [0.05, 0.1) is 12.9 Å². The van der Waals surface area contributed by atoms with Crippen LogP contribution < -0.4 is 0 Å². The van der Waals surface area contributed by atoms with E-state index in [4.69, 9.17) is 4.18 Å². The van der Waals surface area contributed by atoms with Gasteiger partial charge in [-0.2, -0.15) is 8.42 Å². The van der Waals surface area contributed by atoms with Crippen molar-refractivity contribution in [2.24, 2.45) is 5.92 Å². The lowest BCUT2D eigenvalue weighted by atomic mass is 9.91. The van der Waals surface area contributed by atoms with E-state index in [-0.39, 0.29) is 24.4 Å². The molecule has 30 heavy (non-hydrogen) atoms. The molecule has 0 aromatic heterocycles. The highest BCUT2D eigenvalue weighted by molar-refractivity contribution is 7.85. The quantitative estimate of drug-likeness (QED) is 0.568. The van der Waals surface area contributed by atoms with Gasteiger partial charge in [0.25, 0.3) is 10.1 Å². The Bertz CT molecular complexity index is 890. The third-order valence-electron chi connectivity index (χ3n) is 5.75. The molecule has 0 amide bonds. The van der Waals surface area contributed by atoms with Crippen molar-refractivity contribution in [3.05, 3.63) is 71.5 Å². The van der Waals surface area contributed by atoms with Crippen LogP contribution in [0.3, 0.4) is 0 Å². The summed E-state index contributed by atoms with van der Waals surface area (Å²) in [5.41, 5.74) is 2.34. The number of nitrogens with zero attached hydrogens (tertiary/aromatic N) is 2. The minimum atomic E-state index is -3.48. The summed E-state index contributed by atoms with van der Waals surface area (Å²) in [6.07, 6.45) is 2.89. The lowest BCUT2D eigenvalue weighted by Crippen LogP contribution is -2.51. The molecule has 3 rings (SSSR count). The van der Waals surface area contributed by atoms with Gasteiger partial charge in [0, 0.05) is 31.6 Å². The minimum absolute atomic E-state index is 0.0930. The summed E-state index contributed by atoms with van der Waals surface area (Å²) < 4.78 is 41.5. The molecule has 0 aliphatic carbocycles. The zero-order valence-corrected chi connectivity index (χ0v) is 18.5. The number of hydrogen-bond acceptors (Lipinski definition) is 5. The second-order valence-electron chi connectivity index (χ2n) is 8.18. The van der Waals surface area contributed by atoms with Gasteiger partial charge in [0.1, 0.15) is 5.82 Å². The largest absolute Gasteiger partial charge is 0.303 e. The van der Waals surface area contributed by atoms with E-state index in [1.54, 1.807) is 0 Å². The Balaban J connectivity index is 1.62. The summed E-state index contributed by atoms with van der Waals surface area (Å²) in [6, 6.07) is 17.1. The maximum atomic E-state index is 13.1. The van der Waals surface area contributed by atoms with E-state index in [1.165, 1.54) is 17.7 Å². The molecular weight excluding hydrogens is 403 g/mol. The molecule has 1 fully saturated rings. The highest BCUT2D eigenvalue weighted by Gasteiger charge is 2.32. The zero-order chi connectivity index (χ0) is 21.6. The number of likely N-dealkylation sites (tertiary alicyclic amines) is 1. The summed E-state index contributed by atoms with van der Waals surface area (Å²) in [6.45, 7) is 3.59. The molecule has 0 saturated carbocycles. The van der Waals surface area contributed by atoms with Gasteiger partial charge in [-0.3, -0.25) is 9.08 Å². The number of hydrogen-bond donors (Lipinski definition) is 0. The van der Waals surface area contributed by atoms with Crippen molar-refractivity contribution in [1.29, 1.82) is 0 Å². The molecule has 1 aliphatic rings. The molecule has 1 saturated heterocycles. The summed E-state index contributed by atoms with van der Waals surface area (Å²) in [5, 5.41) is 0. The molecule has 2 aromatic rings. The van der Waals surface area contributed by atoms with Gasteiger partial charge >= 0.3 is 0 Å². The molecule has 0 spiro atoms.